The van der Waals surface area contributed by atoms with Crippen LogP contribution in [0, 0.1) is 0 Å². The number of amides is 1. The summed E-state index contributed by atoms with van der Waals surface area (Å²) in [4.78, 5) is 21.5. The van der Waals surface area contributed by atoms with Gasteiger partial charge in [-0.25, -0.2) is 4.98 Å². The van der Waals surface area contributed by atoms with E-state index in [1.54, 1.807) is 6.07 Å². The molecule has 0 atom stereocenters. The van der Waals surface area contributed by atoms with Gasteiger partial charge in [-0.15, -0.1) is 0 Å². The van der Waals surface area contributed by atoms with E-state index in [2.05, 4.69) is 10.2 Å². The lowest BCUT2D eigenvalue weighted by molar-refractivity contribution is -0.137. The molecule has 5 nitrogen and oxygen atoms in total. The Labute approximate surface area is 184 Å². The first-order valence-corrected chi connectivity index (χ1v) is 10.7. The Kier molecular flexibility index (Phi) is 6.21. The van der Waals surface area contributed by atoms with Crippen molar-refractivity contribution in [3.63, 3.8) is 0 Å². The SMILES string of the molecule is CCCNC(=O)c1cc(N2CCN(c3cccc(C(F)(F)F)c3)CC2)nc2ccccc12. The van der Waals surface area contributed by atoms with Crippen LogP contribution in [-0.2, 0) is 6.18 Å². The molecule has 1 aliphatic rings. The Morgan fingerprint density at radius 1 is 1.00 bits per heavy atom. The van der Waals surface area contributed by atoms with Gasteiger partial charge in [-0.2, -0.15) is 13.2 Å². The molecule has 0 spiro atoms. The summed E-state index contributed by atoms with van der Waals surface area (Å²) < 4.78 is 39.2. The first-order chi connectivity index (χ1) is 15.4. The second-order valence-electron chi connectivity index (χ2n) is 7.82. The minimum atomic E-state index is -4.36. The minimum absolute atomic E-state index is 0.130. The topological polar surface area (TPSA) is 48.5 Å². The van der Waals surface area contributed by atoms with E-state index < -0.39 is 11.7 Å². The number of piperazine rings is 1. The number of carbonyl (C=O) groups excluding carboxylic acids is 1. The number of carbonyl (C=O) groups is 1. The van der Waals surface area contributed by atoms with Crippen LogP contribution in [-0.4, -0.2) is 43.6 Å². The van der Waals surface area contributed by atoms with Crippen LogP contribution in [0.25, 0.3) is 10.9 Å². The Balaban J connectivity index is 1.55. The Hall–Kier alpha value is -3.29. The number of anilines is 2. The number of hydrogen-bond donors (Lipinski definition) is 1. The second kappa shape index (κ2) is 9.06. The van der Waals surface area contributed by atoms with Crippen molar-refractivity contribution in [1.29, 1.82) is 0 Å². The number of para-hydroxylation sites is 1. The number of aromatic nitrogens is 1. The predicted molar refractivity (Wildman–Crippen MR) is 120 cm³/mol. The molecule has 1 aromatic heterocycles. The molecule has 8 heteroatoms. The molecule has 1 fully saturated rings. The number of benzene rings is 2. The summed E-state index contributed by atoms with van der Waals surface area (Å²) in [6.45, 7) is 4.91. The van der Waals surface area contributed by atoms with Crippen LogP contribution in [0.3, 0.4) is 0 Å². The summed E-state index contributed by atoms with van der Waals surface area (Å²) in [7, 11) is 0. The maximum atomic E-state index is 13.1. The first kappa shape index (κ1) is 21.9. The zero-order valence-electron chi connectivity index (χ0n) is 17.8. The summed E-state index contributed by atoms with van der Waals surface area (Å²) in [5, 5.41) is 3.73. The zero-order chi connectivity index (χ0) is 22.7. The Morgan fingerprint density at radius 3 is 2.44 bits per heavy atom. The third-order valence-corrected chi connectivity index (χ3v) is 5.63. The molecule has 0 aliphatic carbocycles. The van der Waals surface area contributed by atoms with Gasteiger partial charge in [0.25, 0.3) is 5.91 Å². The van der Waals surface area contributed by atoms with E-state index in [1.807, 2.05) is 42.2 Å². The van der Waals surface area contributed by atoms with Crippen molar-refractivity contribution in [2.75, 3.05) is 42.5 Å². The smallest absolute Gasteiger partial charge is 0.368 e. The molecule has 0 unspecified atom stereocenters. The molecular formula is C24H25F3N4O. The van der Waals surface area contributed by atoms with Crippen LogP contribution in [0.5, 0.6) is 0 Å². The normalized spacial score (nSPS) is 14.6. The van der Waals surface area contributed by atoms with Crippen molar-refractivity contribution in [2.24, 2.45) is 0 Å². The van der Waals surface area contributed by atoms with E-state index in [0.717, 1.165) is 23.4 Å². The fourth-order valence-corrected chi connectivity index (χ4v) is 3.92. The van der Waals surface area contributed by atoms with Crippen molar-refractivity contribution in [3.8, 4) is 0 Å². The highest BCUT2D eigenvalue weighted by Gasteiger charge is 2.31. The lowest BCUT2D eigenvalue weighted by Gasteiger charge is -2.37. The molecule has 3 aromatic rings. The van der Waals surface area contributed by atoms with E-state index >= 15 is 0 Å². The highest BCUT2D eigenvalue weighted by atomic mass is 19.4. The molecule has 1 N–H and O–H groups in total. The van der Waals surface area contributed by atoms with Gasteiger partial charge in [0.2, 0.25) is 0 Å². The number of halogens is 3. The molecule has 1 saturated heterocycles. The number of alkyl halides is 3. The summed E-state index contributed by atoms with van der Waals surface area (Å²) in [6, 6.07) is 14.8. The Bertz CT molecular complexity index is 1110. The number of nitrogens with one attached hydrogen (secondary N) is 1. The molecule has 2 aromatic carbocycles. The number of rotatable bonds is 5. The van der Waals surface area contributed by atoms with Crippen LogP contribution in [0.1, 0.15) is 29.3 Å². The van der Waals surface area contributed by atoms with Gasteiger partial charge < -0.3 is 15.1 Å². The highest BCUT2D eigenvalue weighted by Crippen LogP contribution is 2.32. The van der Waals surface area contributed by atoms with E-state index in [0.29, 0.717) is 49.8 Å². The van der Waals surface area contributed by atoms with E-state index in [4.69, 9.17) is 4.98 Å². The fraction of sp³-hybridized carbons (Fsp3) is 0.333. The summed E-state index contributed by atoms with van der Waals surface area (Å²) in [5.74, 6) is 0.573. The van der Waals surface area contributed by atoms with Gasteiger partial charge >= 0.3 is 6.18 Å². The van der Waals surface area contributed by atoms with Gasteiger partial charge in [0.05, 0.1) is 16.6 Å². The maximum absolute atomic E-state index is 13.1. The van der Waals surface area contributed by atoms with Gasteiger partial charge in [0, 0.05) is 43.8 Å². The number of hydrogen-bond acceptors (Lipinski definition) is 4. The lowest BCUT2D eigenvalue weighted by atomic mass is 10.1. The summed E-state index contributed by atoms with van der Waals surface area (Å²) >= 11 is 0. The van der Waals surface area contributed by atoms with Gasteiger partial charge in [0.15, 0.2) is 0 Å². The predicted octanol–water partition coefficient (Wildman–Crippen LogP) is 4.72. The molecule has 4 rings (SSSR count). The number of fused-ring (bicyclic) bond motifs is 1. The molecule has 0 saturated carbocycles. The third kappa shape index (κ3) is 4.64. The second-order valence-corrected chi connectivity index (χ2v) is 7.82. The molecule has 1 amide bonds. The van der Waals surface area contributed by atoms with Crippen molar-refractivity contribution >= 4 is 28.3 Å². The van der Waals surface area contributed by atoms with Crippen molar-refractivity contribution < 1.29 is 18.0 Å². The van der Waals surface area contributed by atoms with E-state index in [1.165, 1.54) is 12.1 Å². The fourth-order valence-electron chi connectivity index (χ4n) is 3.92. The van der Waals surface area contributed by atoms with E-state index in [-0.39, 0.29) is 5.91 Å². The molecule has 1 aliphatic heterocycles. The van der Waals surface area contributed by atoms with Crippen LogP contribution >= 0.6 is 0 Å². The summed E-state index contributed by atoms with van der Waals surface area (Å²) in [6.07, 6.45) is -3.51. The average Bonchev–Trinajstić information content (AvgIpc) is 2.81. The molecule has 32 heavy (non-hydrogen) atoms. The Morgan fingerprint density at radius 2 is 1.72 bits per heavy atom. The maximum Gasteiger partial charge on any atom is 0.416 e. The molecule has 0 radical (unpaired) electrons. The standard InChI is InChI=1S/C24H25F3N4O/c1-2-10-28-23(32)20-16-22(29-21-9-4-3-8-19(20)21)31-13-11-30(12-14-31)18-7-5-6-17(15-18)24(25,26)27/h3-9,15-16H,2,10-14H2,1H3,(H,28,32). The first-order valence-electron chi connectivity index (χ1n) is 10.7. The van der Waals surface area contributed by atoms with Crippen molar-refractivity contribution in [3.05, 3.63) is 65.7 Å². The van der Waals surface area contributed by atoms with Crippen LogP contribution in [0.4, 0.5) is 24.7 Å². The number of nitrogens with zero attached hydrogens (tertiary/aromatic N) is 3. The van der Waals surface area contributed by atoms with Crippen molar-refractivity contribution in [2.45, 2.75) is 19.5 Å². The van der Waals surface area contributed by atoms with Gasteiger partial charge in [-0.1, -0.05) is 31.2 Å². The van der Waals surface area contributed by atoms with Gasteiger partial charge in [-0.3, -0.25) is 4.79 Å². The number of pyridine rings is 1. The summed E-state index contributed by atoms with van der Waals surface area (Å²) in [5.41, 5.74) is 1.24. The molecule has 2 heterocycles. The molecular weight excluding hydrogens is 417 g/mol. The largest absolute Gasteiger partial charge is 0.416 e. The van der Waals surface area contributed by atoms with Gasteiger partial charge in [0.1, 0.15) is 5.82 Å². The van der Waals surface area contributed by atoms with Gasteiger partial charge in [-0.05, 0) is 36.8 Å². The monoisotopic (exact) mass is 442 g/mol. The van der Waals surface area contributed by atoms with Crippen LogP contribution in [0.2, 0.25) is 0 Å². The lowest BCUT2D eigenvalue weighted by Crippen LogP contribution is -2.47. The molecule has 0 bridgehead atoms. The third-order valence-electron chi connectivity index (χ3n) is 5.63. The highest BCUT2D eigenvalue weighted by molar-refractivity contribution is 6.07. The molecule has 168 valence electrons. The quantitative estimate of drug-likeness (QED) is 0.621. The van der Waals surface area contributed by atoms with Crippen LogP contribution < -0.4 is 15.1 Å². The van der Waals surface area contributed by atoms with Crippen LogP contribution in [0.15, 0.2) is 54.6 Å². The average molecular weight is 442 g/mol. The minimum Gasteiger partial charge on any atom is -0.368 e. The zero-order valence-corrected chi connectivity index (χ0v) is 17.8. The van der Waals surface area contributed by atoms with E-state index in [9.17, 15) is 18.0 Å². The van der Waals surface area contributed by atoms with Crippen molar-refractivity contribution in [1.82, 2.24) is 10.3 Å².